The first kappa shape index (κ1) is 16.2. The highest BCUT2D eigenvalue weighted by Crippen LogP contribution is 2.21. The molecule has 24 heavy (non-hydrogen) atoms. The number of rotatable bonds is 4. The number of carbonyl (C=O) groups is 1. The monoisotopic (exact) mass is 325 g/mol. The van der Waals surface area contributed by atoms with E-state index in [1.807, 2.05) is 30.3 Å². The van der Waals surface area contributed by atoms with Crippen molar-refractivity contribution >= 4 is 17.7 Å². The average Bonchev–Trinajstić information content (AvgIpc) is 2.60. The van der Waals surface area contributed by atoms with E-state index in [-0.39, 0.29) is 11.7 Å². The minimum Gasteiger partial charge on any atom is -0.383 e. The molecular weight excluding hydrogens is 302 g/mol. The van der Waals surface area contributed by atoms with Crippen LogP contribution < -0.4 is 16.0 Å². The van der Waals surface area contributed by atoms with E-state index in [2.05, 4.69) is 27.1 Å². The van der Waals surface area contributed by atoms with Gasteiger partial charge in [-0.15, -0.1) is 0 Å². The third-order valence-electron chi connectivity index (χ3n) is 4.29. The van der Waals surface area contributed by atoms with Gasteiger partial charge in [-0.25, -0.2) is 4.98 Å². The van der Waals surface area contributed by atoms with Crippen LogP contribution in [0.5, 0.6) is 0 Å². The van der Waals surface area contributed by atoms with Crippen molar-refractivity contribution in [1.82, 2.24) is 15.3 Å². The molecule has 0 radical (unpaired) electrons. The van der Waals surface area contributed by atoms with Gasteiger partial charge in [-0.05, 0) is 24.3 Å². The highest BCUT2D eigenvalue weighted by molar-refractivity contribution is 5.98. The maximum atomic E-state index is 12.3. The Morgan fingerprint density at radius 2 is 2.17 bits per heavy atom. The van der Waals surface area contributed by atoms with Crippen molar-refractivity contribution in [3.63, 3.8) is 0 Å². The second-order valence-corrected chi connectivity index (χ2v) is 6.33. The summed E-state index contributed by atoms with van der Waals surface area (Å²) in [6, 6.07) is 9.74. The largest absolute Gasteiger partial charge is 0.383 e. The first-order valence-corrected chi connectivity index (χ1v) is 8.33. The molecule has 1 saturated heterocycles. The number of carbonyl (C=O) groups excluding carboxylic acids is 1. The summed E-state index contributed by atoms with van der Waals surface area (Å²) < 4.78 is 0. The molecule has 1 atom stereocenters. The fourth-order valence-electron chi connectivity index (χ4n) is 2.96. The number of amides is 1. The zero-order valence-electron chi connectivity index (χ0n) is 13.9. The standard InChI is InChI=1S/C18H23N5O/c1-13-6-5-9-23(12-13)18-21-11-15(16(19)22-18)17(24)20-10-14-7-3-2-4-8-14/h2-4,7-8,11,13H,5-6,9-10,12H2,1H3,(H,20,24)(H2,19,21,22)/t13-/m0/s1. The lowest BCUT2D eigenvalue weighted by molar-refractivity contribution is 0.0951. The molecule has 1 aromatic heterocycles. The van der Waals surface area contributed by atoms with Crippen molar-refractivity contribution in [2.24, 2.45) is 5.92 Å². The minimum absolute atomic E-state index is 0.226. The summed E-state index contributed by atoms with van der Waals surface area (Å²) in [5.41, 5.74) is 7.34. The Balaban J connectivity index is 1.66. The number of aromatic nitrogens is 2. The van der Waals surface area contributed by atoms with Crippen LogP contribution in [0.3, 0.4) is 0 Å². The number of nitrogens with zero attached hydrogens (tertiary/aromatic N) is 3. The van der Waals surface area contributed by atoms with E-state index < -0.39 is 0 Å². The van der Waals surface area contributed by atoms with Gasteiger partial charge in [-0.3, -0.25) is 4.79 Å². The SMILES string of the molecule is C[C@H]1CCCN(c2ncc(C(=O)NCc3ccccc3)c(N)n2)C1. The van der Waals surface area contributed by atoms with Gasteiger partial charge in [-0.2, -0.15) is 4.98 Å². The number of nitrogens with one attached hydrogen (secondary N) is 1. The Kier molecular flexibility index (Phi) is 4.93. The molecule has 1 fully saturated rings. The van der Waals surface area contributed by atoms with Crippen molar-refractivity contribution in [1.29, 1.82) is 0 Å². The molecule has 0 unspecified atom stereocenters. The van der Waals surface area contributed by atoms with Gasteiger partial charge in [0.1, 0.15) is 5.82 Å². The van der Waals surface area contributed by atoms with E-state index in [4.69, 9.17) is 5.73 Å². The van der Waals surface area contributed by atoms with Crippen LogP contribution in [0.25, 0.3) is 0 Å². The molecule has 1 aliphatic heterocycles. The zero-order chi connectivity index (χ0) is 16.9. The fraction of sp³-hybridized carbons (Fsp3) is 0.389. The number of benzene rings is 1. The third-order valence-corrected chi connectivity index (χ3v) is 4.29. The van der Waals surface area contributed by atoms with Gasteiger partial charge in [0.2, 0.25) is 5.95 Å². The summed E-state index contributed by atoms with van der Waals surface area (Å²) in [5, 5.41) is 2.85. The zero-order valence-corrected chi connectivity index (χ0v) is 13.9. The summed E-state index contributed by atoms with van der Waals surface area (Å²) in [4.78, 5) is 23.1. The molecule has 0 aliphatic carbocycles. The van der Waals surface area contributed by atoms with Gasteiger partial charge in [0.05, 0.1) is 5.56 Å². The van der Waals surface area contributed by atoms with E-state index in [1.165, 1.54) is 12.6 Å². The summed E-state index contributed by atoms with van der Waals surface area (Å²) in [6.07, 6.45) is 3.88. The van der Waals surface area contributed by atoms with Crippen molar-refractivity contribution in [3.05, 3.63) is 47.7 Å². The van der Waals surface area contributed by atoms with Gasteiger partial charge in [0.15, 0.2) is 0 Å². The highest BCUT2D eigenvalue weighted by atomic mass is 16.1. The molecule has 3 N–H and O–H groups in total. The summed E-state index contributed by atoms with van der Waals surface area (Å²) in [7, 11) is 0. The van der Waals surface area contributed by atoms with E-state index in [9.17, 15) is 4.79 Å². The molecule has 126 valence electrons. The van der Waals surface area contributed by atoms with Crippen LogP contribution in [0.15, 0.2) is 36.5 Å². The van der Waals surface area contributed by atoms with Crippen LogP contribution in [-0.2, 0) is 6.54 Å². The smallest absolute Gasteiger partial charge is 0.256 e. The minimum atomic E-state index is -0.255. The van der Waals surface area contributed by atoms with E-state index in [0.29, 0.717) is 24.0 Å². The van der Waals surface area contributed by atoms with Gasteiger partial charge in [-0.1, -0.05) is 37.3 Å². The fourth-order valence-corrected chi connectivity index (χ4v) is 2.96. The van der Waals surface area contributed by atoms with E-state index in [1.54, 1.807) is 0 Å². The molecule has 1 aromatic carbocycles. The number of nitrogens with two attached hydrogens (primary N) is 1. The topological polar surface area (TPSA) is 84.1 Å². The van der Waals surface area contributed by atoms with Crippen molar-refractivity contribution in [3.8, 4) is 0 Å². The molecular formula is C18H23N5O. The van der Waals surface area contributed by atoms with Gasteiger partial charge in [0.25, 0.3) is 5.91 Å². The Bertz CT molecular complexity index is 704. The van der Waals surface area contributed by atoms with Crippen LogP contribution in [0, 0.1) is 5.92 Å². The van der Waals surface area contributed by atoms with E-state index in [0.717, 1.165) is 25.1 Å². The maximum absolute atomic E-state index is 12.3. The Labute approximate surface area is 142 Å². The molecule has 0 saturated carbocycles. The molecule has 2 aromatic rings. The van der Waals surface area contributed by atoms with Crippen LogP contribution in [0.4, 0.5) is 11.8 Å². The molecule has 3 rings (SSSR count). The lowest BCUT2D eigenvalue weighted by atomic mass is 10.0. The Morgan fingerprint density at radius 1 is 1.38 bits per heavy atom. The predicted octanol–water partition coefficient (Wildman–Crippen LogP) is 2.23. The number of hydrogen-bond donors (Lipinski definition) is 2. The van der Waals surface area contributed by atoms with Crippen LogP contribution in [-0.4, -0.2) is 29.0 Å². The summed E-state index contributed by atoms with van der Waals surface area (Å²) in [5.74, 6) is 1.20. The lowest BCUT2D eigenvalue weighted by Crippen LogP contribution is -2.35. The van der Waals surface area contributed by atoms with E-state index >= 15 is 0 Å². The van der Waals surface area contributed by atoms with Gasteiger partial charge in [0, 0.05) is 25.8 Å². The molecule has 6 nitrogen and oxygen atoms in total. The summed E-state index contributed by atoms with van der Waals surface area (Å²) in [6.45, 7) is 4.54. The molecule has 6 heteroatoms. The molecule has 0 spiro atoms. The lowest BCUT2D eigenvalue weighted by Gasteiger charge is -2.31. The quantitative estimate of drug-likeness (QED) is 0.900. The van der Waals surface area contributed by atoms with Crippen LogP contribution in [0.1, 0.15) is 35.7 Å². The van der Waals surface area contributed by atoms with Gasteiger partial charge >= 0.3 is 0 Å². The number of piperidine rings is 1. The van der Waals surface area contributed by atoms with Crippen LogP contribution >= 0.6 is 0 Å². The third kappa shape index (κ3) is 3.82. The number of anilines is 2. The molecule has 2 heterocycles. The molecule has 1 aliphatic rings. The van der Waals surface area contributed by atoms with Gasteiger partial charge < -0.3 is 16.0 Å². The normalized spacial score (nSPS) is 17.5. The Hall–Kier alpha value is -2.63. The average molecular weight is 325 g/mol. The van der Waals surface area contributed by atoms with Crippen molar-refractivity contribution in [2.45, 2.75) is 26.3 Å². The Morgan fingerprint density at radius 3 is 2.88 bits per heavy atom. The predicted molar refractivity (Wildman–Crippen MR) is 94.7 cm³/mol. The first-order valence-electron chi connectivity index (χ1n) is 8.33. The molecule has 1 amide bonds. The molecule has 0 bridgehead atoms. The highest BCUT2D eigenvalue weighted by Gasteiger charge is 2.20. The van der Waals surface area contributed by atoms with Crippen LogP contribution in [0.2, 0.25) is 0 Å². The van der Waals surface area contributed by atoms with Crippen molar-refractivity contribution < 1.29 is 4.79 Å². The number of hydrogen-bond acceptors (Lipinski definition) is 5. The van der Waals surface area contributed by atoms with Crippen molar-refractivity contribution in [2.75, 3.05) is 23.7 Å². The number of nitrogen functional groups attached to an aromatic ring is 1. The summed E-state index contributed by atoms with van der Waals surface area (Å²) >= 11 is 0. The first-order chi connectivity index (χ1) is 11.6. The second kappa shape index (κ2) is 7.29. The second-order valence-electron chi connectivity index (χ2n) is 6.33. The maximum Gasteiger partial charge on any atom is 0.256 e.